The molecular weight excluding hydrogens is 202 g/mol. The van der Waals surface area contributed by atoms with Crippen LogP contribution in [0.2, 0.25) is 0 Å². The van der Waals surface area contributed by atoms with Gasteiger partial charge < -0.3 is 15.2 Å². The molecule has 0 heterocycles. The maximum absolute atomic E-state index is 9.57. The number of ether oxygens (including phenoxy) is 1. The summed E-state index contributed by atoms with van der Waals surface area (Å²) in [5, 5.41) is 13.2. The van der Waals surface area contributed by atoms with Gasteiger partial charge in [0.1, 0.15) is 0 Å². The predicted molar refractivity (Wildman–Crippen MR) is 66.6 cm³/mol. The zero-order valence-electron chi connectivity index (χ0n) is 10.8. The van der Waals surface area contributed by atoms with Gasteiger partial charge >= 0.3 is 0 Å². The molecule has 0 aromatic carbocycles. The molecule has 0 spiro atoms. The first-order valence-electron chi connectivity index (χ1n) is 6.64. The van der Waals surface area contributed by atoms with Crippen molar-refractivity contribution in [3.05, 3.63) is 0 Å². The smallest absolute Gasteiger partial charge is 0.0667 e. The van der Waals surface area contributed by atoms with E-state index in [4.69, 9.17) is 4.74 Å². The highest BCUT2D eigenvalue weighted by Crippen LogP contribution is 2.21. The van der Waals surface area contributed by atoms with E-state index < -0.39 is 0 Å². The van der Waals surface area contributed by atoms with Crippen molar-refractivity contribution in [1.82, 2.24) is 5.32 Å². The number of nitrogens with one attached hydrogen (secondary N) is 1. The van der Waals surface area contributed by atoms with Crippen molar-refractivity contribution in [3.63, 3.8) is 0 Å². The molecular formula is C13H27NO2. The Hall–Kier alpha value is -0.120. The van der Waals surface area contributed by atoms with Crippen LogP contribution in [-0.2, 0) is 4.74 Å². The number of aliphatic hydroxyl groups is 1. The van der Waals surface area contributed by atoms with Gasteiger partial charge in [0.2, 0.25) is 0 Å². The van der Waals surface area contributed by atoms with Gasteiger partial charge in [0.25, 0.3) is 0 Å². The molecule has 1 rings (SSSR count). The van der Waals surface area contributed by atoms with Gasteiger partial charge in [0.05, 0.1) is 18.8 Å². The second-order valence-corrected chi connectivity index (χ2v) is 5.06. The fourth-order valence-corrected chi connectivity index (χ4v) is 2.58. The van der Waals surface area contributed by atoms with Gasteiger partial charge in [-0.05, 0) is 19.3 Å². The molecule has 1 fully saturated rings. The lowest BCUT2D eigenvalue weighted by Gasteiger charge is -2.35. The largest absolute Gasteiger partial charge is 0.394 e. The van der Waals surface area contributed by atoms with Crippen molar-refractivity contribution in [2.45, 2.75) is 63.5 Å². The van der Waals surface area contributed by atoms with Gasteiger partial charge in [0, 0.05) is 13.2 Å². The van der Waals surface area contributed by atoms with E-state index in [9.17, 15) is 5.11 Å². The standard InChI is InChI=1S/C13H27NO2/c1-3-13(10-15,11-16-2)14-12-8-6-4-5-7-9-12/h12,14-15H,3-11H2,1-2H3. The van der Waals surface area contributed by atoms with E-state index in [2.05, 4.69) is 12.2 Å². The molecule has 1 saturated carbocycles. The molecule has 0 aromatic heterocycles. The first kappa shape index (κ1) is 13.9. The lowest BCUT2D eigenvalue weighted by Crippen LogP contribution is -2.55. The highest BCUT2D eigenvalue weighted by molar-refractivity contribution is 4.89. The molecule has 0 saturated heterocycles. The van der Waals surface area contributed by atoms with Gasteiger partial charge in [0.15, 0.2) is 0 Å². The number of aliphatic hydroxyl groups excluding tert-OH is 1. The number of methoxy groups -OCH3 is 1. The summed E-state index contributed by atoms with van der Waals surface area (Å²) in [4.78, 5) is 0. The van der Waals surface area contributed by atoms with Crippen LogP contribution in [0.3, 0.4) is 0 Å². The first-order chi connectivity index (χ1) is 7.76. The quantitative estimate of drug-likeness (QED) is 0.685. The van der Waals surface area contributed by atoms with E-state index in [-0.39, 0.29) is 12.1 Å². The van der Waals surface area contributed by atoms with Crippen LogP contribution in [-0.4, -0.2) is 37.0 Å². The minimum atomic E-state index is -0.232. The highest BCUT2D eigenvalue weighted by atomic mass is 16.5. The third-order valence-corrected chi connectivity index (χ3v) is 3.77. The number of hydrogen-bond acceptors (Lipinski definition) is 3. The van der Waals surface area contributed by atoms with E-state index in [1.807, 2.05) is 0 Å². The Morgan fingerprint density at radius 3 is 2.31 bits per heavy atom. The minimum absolute atomic E-state index is 0.161. The molecule has 0 amide bonds. The van der Waals surface area contributed by atoms with Crippen molar-refractivity contribution in [1.29, 1.82) is 0 Å². The van der Waals surface area contributed by atoms with Crippen LogP contribution in [0, 0.1) is 0 Å². The Balaban J connectivity index is 2.51. The third kappa shape index (κ3) is 4.04. The van der Waals surface area contributed by atoms with Crippen molar-refractivity contribution in [2.75, 3.05) is 20.3 Å². The van der Waals surface area contributed by atoms with Crippen LogP contribution in [0.4, 0.5) is 0 Å². The van der Waals surface area contributed by atoms with E-state index in [0.29, 0.717) is 12.6 Å². The summed E-state index contributed by atoms with van der Waals surface area (Å²) in [6.07, 6.45) is 8.75. The summed E-state index contributed by atoms with van der Waals surface area (Å²) in [5.41, 5.74) is -0.232. The summed E-state index contributed by atoms with van der Waals surface area (Å²) >= 11 is 0. The molecule has 1 aliphatic carbocycles. The molecule has 96 valence electrons. The maximum Gasteiger partial charge on any atom is 0.0667 e. The van der Waals surface area contributed by atoms with Crippen LogP contribution < -0.4 is 5.32 Å². The topological polar surface area (TPSA) is 41.5 Å². The second-order valence-electron chi connectivity index (χ2n) is 5.06. The Morgan fingerprint density at radius 2 is 1.88 bits per heavy atom. The minimum Gasteiger partial charge on any atom is -0.394 e. The summed E-state index contributed by atoms with van der Waals surface area (Å²) in [6, 6.07) is 0.560. The van der Waals surface area contributed by atoms with Gasteiger partial charge in [-0.1, -0.05) is 32.6 Å². The molecule has 0 radical (unpaired) electrons. The van der Waals surface area contributed by atoms with Crippen LogP contribution in [0.5, 0.6) is 0 Å². The molecule has 1 atom stereocenters. The van der Waals surface area contributed by atoms with Gasteiger partial charge in [-0.2, -0.15) is 0 Å². The monoisotopic (exact) mass is 229 g/mol. The second kappa shape index (κ2) is 7.25. The van der Waals surface area contributed by atoms with Gasteiger partial charge in [-0.3, -0.25) is 0 Å². The Labute approximate surface area is 99.6 Å². The number of rotatable bonds is 6. The number of hydrogen-bond donors (Lipinski definition) is 2. The SMILES string of the molecule is CCC(CO)(COC)NC1CCCCCC1. The molecule has 0 aliphatic heterocycles. The summed E-state index contributed by atoms with van der Waals surface area (Å²) in [6.45, 7) is 2.86. The van der Waals surface area contributed by atoms with Gasteiger partial charge in [-0.15, -0.1) is 0 Å². The Morgan fingerprint density at radius 1 is 1.25 bits per heavy atom. The normalized spacial score (nSPS) is 22.7. The van der Waals surface area contributed by atoms with Crippen molar-refractivity contribution >= 4 is 0 Å². The average molecular weight is 229 g/mol. The molecule has 3 nitrogen and oxygen atoms in total. The van der Waals surface area contributed by atoms with Gasteiger partial charge in [-0.25, -0.2) is 0 Å². The van der Waals surface area contributed by atoms with E-state index >= 15 is 0 Å². The van der Waals surface area contributed by atoms with Crippen LogP contribution in [0.1, 0.15) is 51.9 Å². The van der Waals surface area contributed by atoms with Crippen molar-refractivity contribution < 1.29 is 9.84 Å². The molecule has 1 unspecified atom stereocenters. The van der Waals surface area contributed by atoms with E-state index in [1.54, 1.807) is 7.11 Å². The Kier molecular flexibility index (Phi) is 6.32. The van der Waals surface area contributed by atoms with E-state index in [0.717, 1.165) is 6.42 Å². The fraction of sp³-hybridized carbons (Fsp3) is 1.00. The zero-order valence-corrected chi connectivity index (χ0v) is 10.8. The third-order valence-electron chi connectivity index (χ3n) is 3.77. The summed E-state index contributed by atoms with van der Waals surface area (Å²) in [5.74, 6) is 0. The molecule has 2 N–H and O–H groups in total. The van der Waals surface area contributed by atoms with Crippen molar-refractivity contribution in [2.24, 2.45) is 0 Å². The average Bonchev–Trinajstić information content (AvgIpc) is 2.57. The summed E-state index contributed by atoms with van der Waals surface area (Å²) < 4.78 is 5.24. The maximum atomic E-state index is 9.57. The summed E-state index contributed by atoms with van der Waals surface area (Å²) in [7, 11) is 1.70. The van der Waals surface area contributed by atoms with Crippen LogP contribution in [0.25, 0.3) is 0 Å². The van der Waals surface area contributed by atoms with Crippen LogP contribution >= 0.6 is 0 Å². The zero-order chi connectivity index (χ0) is 11.9. The van der Waals surface area contributed by atoms with Crippen molar-refractivity contribution in [3.8, 4) is 0 Å². The first-order valence-corrected chi connectivity index (χ1v) is 6.64. The van der Waals surface area contributed by atoms with Crippen LogP contribution in [0.15, 0.2) is 0 Å². The highest BCUT2D eigenvalue weighted by Gasteiger charge is 2.30. The molecule has 3 heteroatoms. The fourth-order valence-electron chi connectivity index (χ4n) is 2.58. The lowest BCUT2D eigenvalue weighted by atomic mass is 9.95. The molecule has 0 bridgehead atoms. The molecule has 16 heavy (non-hydrogen) atoms. The predicted octanol–water partition coefficient (Wildman–Crippen LogP) is 2.09. The lowest BCUT2D eigenvalue weighted by molar-refractivity contribution is 0.0499. The molecule has 0 aromatic rings. The molecule has 1 aliphatic rings. The Bertz CT molecular complexity index is 173. The van der Waals surface area contributed by atoms with E-state index in [1.165, 1.54) is 38.5 Å².